The zero-order valence-corrected chi connectivity index (χ0v) is 19.2. The number of nitro benzene ring substituents is 1. The van der Waals surface area contributed by atoms with Gasteiger partial charge < -0.3 is 18.6 Å². The second-order valence-corrected chi connectivity index (χ2v) is 7.83. The first-order valence-corrected chi connectivity index (χ1v) is 10.5. The molecule has 0 fully saturated rings. The maximum Gasteiger partial charge on any atom is 0.269 e. The van der Waals surface area contributed by atoms with Crippen molar-refractivity contribution in [2.75, 3.05) is 14.2 Å². The zero-order valence-electron chi connectivity index (χ0n) is 19.2. The van der Waals surface area contributed by atoms with Gasteiger partial charge in [0.1, 0.15) is 12.2 Å². The van der Waals surface area contributed by atoms with Crippen molar-refractivity contribution in [3.05, 3.63) is 91.6 Å². The molecule has 0 saturated heterocycles. The first-order valence-electron chi connectivity index (χ1n) is 10.5. The van der Waals surface area contributed by atoms with E-state index in [2.05, 4.69) is 0 Å². The molecule has 0 atom stereocenters. The summed E-state index contributed by atoms with van der Waals surface area (Å²) in [6.45, 7) is 3.82. The van der Waals surface area contributed by atoms with E-state index in [1.165, 1.54) is 26.4 Å². The van der Waals surface area contributed by atoms with Crippen molar-refractivity contribution >= 4 is 16.7 Å². The van der Waals surface area contributed by atoms with Crippen molar-refractivity contribution in [3.8, 4) is 28.6 Å². The summed E-state index contributed by atoms with van der Waals surface area (Å²) in [5, 5.41) is 11.3. The molecule has 0 aliphatic heterocycles. The lowest BCUT2D eigenvalue weighted by Gasteiger charge is -2.15. The van der Waals surface area contributed by atoms with Crippen LogP contribution < -0.4 is 19.6 Å². The lowest BCUT2D eigenvalue weighted by Crippen LogP contribution is -2.11. The Morgan fingerprint density at radius 2 is 1.65 bits per heavy atom. The Labute approximate surface area is 195 Å². The minimum atomic E-state index is -0.470. The van der Waals surface area contributed by atoms with Gasteiger partial charge in [0.25, 0.3) is 5.69 Å². The maximum atomic E-state index is 13.5. The molecule has 0 unspecified atom stereocenters. The van der Waals surface area contributed by atoms with E-state index < -0.39 is 4.92 Å². The summed E-state index contributed by atoms with van der Waals surface area (Å²) >= 11 is 0. The smallest absolute Gasteiger partial charge is 0.269 e. The van der Waals surface area contributed by atoms with Crippen LogP contribution in [-0.2, 0) is 6.61 Å². The van der Waals surface area contributed by atoms with E-state index in [-0.39, 0.29) is 29.2 Å². The van der Waals surface area contributed by atoms with E-state index >= 15 is 0 Å². The van der Waals surface area contributed by atoms with Gasteiger partial charge in [0.05, 0.1) is 24.5 Å². The van der Waals surface area contributed by atoms with Gasteiger partial charge >= 0.3 is 0 Å². The fraction of sp³-hybridized carbons (Fsp3) is 0.192. The van der Waals surface area contributed by atoms with Crippen LogP contribution >= 0.6 is 0 Å². The zero-order chi connectivity index (χ0) is 24.4. The highest BCUT2D eigenvalue weighted by Crippen LogP contribution is 2.37. The SMILES string of the molecule is COc1ccc(-c2oc3c(C)cc(C)cc3c(=O)c2OCc2ccc([N+](=O)[O-])cc2)cc1OC. The van der Waals surface area contributed by atoms with E-state index in [1.807, 2.05) is 19.9 Å². The number of nitro groups is 1. The van der Waals surface area contributed by atoms with Crippen LogP contribution in [0.15, 0.2) is 63.8 Å². The summed E-state index contributed by atoms with van der Waals surface area (Å²) in [6.07, 6.45) is 0. The van der Waals surface area contributed by atoms with Crippen molar-refractivity contribution in [2.45, 2.75) is 20.5 Å². The Morgan fingerprint density at radius 3 is 2.29 bits per heavy atom. The predicted molar refractivity (Wildman–Crippen MR) is 128 cm³/mol. The number of nitrogens with zero attached hydrogens (tertiary/aromatic N) is 1. The Hall–Kier alpha value is -4.33. The highest BCUT2D eigenvalue weighted by Gasteiger charge is 2.21. The molecular formula is C26H23NO7. The molecule has 0 radical (unpaired) electrons. The number of methoxy groups -OCH3 is 2. The van der Waals surface area contributed by atoms with Gasteiger partial charge in [-0.2, -0.15) is 0 Å². The van der Waals surface area contributed by atoms with E-state index in [0.717, 1.165) is 11.1 Å². The molecule has 0 amide bonds. The topological polar surface area (TPSA) is 101 Å². The number of hydrogen-bond donors (Lipinski definition) is 0. The Kier molecular flexibility index (Phi) is 6.23. The van der Waals surface area contributed by atoms with E-state index in [0.29, 0.717) is 33.6 Å². The van der Waals surface area contributed by atoms with Crippen LogP contribution in [0, 0.1) is 24.0 Å². The van der Waals surface area contributed by atoms with Gasteiger partial charge in [-0.1, -0.05) is 6.07 Å². The van der Waals surface area contributed by atoms with Gasteiger partial charge in [0, 0.05) is 17.7 Å². The van der Waals surface area contributed by atoms with Crippen LogP contribution in [0.25, 0.3) is 22.3 Å². The van der Waals surface area contributed by atoms with Gasteiger partial charge in [-0.25, -0.2) is 0 Å². The summed E-state index contributed by atoms with van der Waals surface area (Å²) in [5.41, 5.74) is 3.15. The molecule has 174 valence electrons. The van der Waals surface area contributed by atoms with Crippen molar-refractivity contribution in [2.24, 2.45) is 0 Å². The monoisotopic (exact) mass is 461 g/mol. The number of rotatable bonds is 7. The van der Waals surface area contributed by atoms with E-state index in [9.17, 15) is 14.9 Å². The highest BCUT2D eigenvalue weighted by molar-refractivity contribution is 5.85. The number of benzene rings is 3. The number of hydrogen-bond acceptors (Lipinski definition) is 7. The minimum absolute atomic E-state index is 0.0223. The third-order valence-electron chi connectivity index (χ3n) is 5.46. The fourth-order valence-electron chi connectivity index (χ4n) is 3.80. The van der Waals surface area contributed by atoms with Crippen molar-refractivity contribution < 1.29 is 23.6 Å². The van der Waals surface area contributed by atoms with Crippen molar-refractivity contribution in [3.63, 3.8) is 0 Å². The van der Waals surface area contributed by atoms with Gasteiger partial charge in [-0.15, -0.1) is 0 Å². The molecule has 0 aliphatic rings. The molecule has 3 aromatic carbocycles. The van der Waals surface area contributed by atoms with Crippen LogP contribution in [-0.4, -0.2) is 19.1 Å². The molecule has 0 aliphatic carbocycles. The summed E-state index contributed by atoms with van der Waals surface area (Å²) in [5.74, 6) is 1.31. The van der Waals surface area contributed by atoms with Crippen LogP contribution in [0.3, 0.4) is 0 Å². The molecule has 34 heavy (non-hydrogen) atoms. The standard InChI is InChI=1S/C26H23NO7/c1-15-11-16(2)24-20(12-15)23(28)26(33-14-17-5-8-19(9-6-17)27(29)30)25(34-24)18-7-10-21(31-3)22(13-18)32-4/h5-13H,14H2,1-4H3. The summed E-state index contributed by atoms with van der Waals surface area (Å²) < 4.78 is 23.0. The highest BCUT2D eigenvalue weighted by atomic mass is 16.6. The van der Waals surface area contributed by atoms with Crippen LogP contribution in [0.5, 0.6) is 17.2 Å². The maximum absolute atomic E-state index is 13.5. The van der Waals surface area contributed by atoms with Crippen molar-refractivity contribution in [1.82, 2.24) is 0 Å². The van der Waals surface area contributed by atoms with Crippen molar-refractivity contribution in [1.29, 1.82) is 0 Å². The number of ether oxygens (including phenoxy) is 3. The third-order valence-corrected chi connectivity index (χ3v) is 5.46. The second-order valence-electron chi connectivity index (χ2n) is 7.83. The van der Waals surface area contributed by atoms with Gasteiger partial charge in [-0.3, -0.25) is 14.9 Å². The third kappa shape index (κ3) is 4.30. The molecule has 8 heteroatoms. The summed E-state index contributed by atoms with van der Waals surface area (Å²) in [6, 6.07) is 14.9. The van der Waals surface area contributed by atoms with Gasteiger partial charge in [0.2, 0.25) is 11.2 Å². The number of fused-ring (bicyclic) bond motifs is 1. The molecular weight excluding hydrogens is 438 g/mol. The van der Waals surface area contributed by atoms with Gasteiger partial charge in [0.15, 0.2) is 17.3 Å². The first kappa shape index (κ1) is 22.8. The molecule has 1 heterocycles. The molecule has 0 saturated carbocycles. The van der Waals surface area contributed by atoms with Crippen LogP contribution in [0.4, 0.5) is 5.69 Å². The summed E-state index contributed by atoms with van der Waals surface area (Å²) in [4.78, 5) is 24.0. The van der Waals surface area contributed by atoms with E-state index in [1.54, 1.807) is 36.4 Å². The van der Waals surface area contributed by atoms with Crippen LogP contribution in [0.1, 0.15) is 16.7 Å². The minimum Gasteiger partial charge on any atom is -0.493 e. The fourth-order valence-corrected chi connectivity index (χ4v) is 3.80. The molecule has 0 spiro atoms. The second kappa shape index (κ2) is 9.27. The lowest BCUT2D eigenvalue weighted by atomic mass is 10.0. The predicted octanol–water partition coefficient (Wildman–Crippen LogP) is 5.58. The normalized spacial score (nSPS) is 10.8. The molecule has 8 nitrogen and oxygen atoms in total. The molecule has 0 N–H and O–H groups in total. The van der Waals surface area contributed by atoms with Crippen LogP contribution in [0.2, 0.25) is 0 Å². The quantitative estimate of drug-likeness (QED) is 0.261. The number of non-ortho nitro benzene ring substituents is 1. The Bertz CT molecular complexity index is 1440. The molecule has 0 bridgehead atoms. The average Bonchev–Trinajstić information content (AvgIpc) is 2.83. The van der Waals surface area contributed by atoms with Gasteiger partial charge in [-0.05, 0) is 66.9 Å². The first-order chi connectivity index (χ1) is 16.3. The largest absolute Gasteiger partial charge is 0.493 e. The lowest BCUT2D eigenvalue weighted by molar-refractivity contribution is -0.384. The summed E-state index contributed by atoms with van der Waals surface area (Å²) in [7, 11) is 3.06. The molecule has 4 aromatic rings. The number of aryl methyl sites for hydroxylation is 2. The molecule has 1 aromatic heterocycles. The average molecular weight is 461 g/mol. The van der Waals surface area contributed by atoms with E-state index in [4.69, 9.17) is 18.6 Å². The Balaban J connectivity index is 1.85. The molecule has 4 rings (SSSR count). The Morgan fingerprint density at radius 1 is 0.941 bits per heavy atom.